The van der Waals surface area contributed by atoms with Crippen LogP contribution in [0.4, 0.5) is 0 Å². The van der Waals surface area contributed by atoms with Gasteiger partial charge in [0.15, 0.2) is 0 Å². The molecule has 0 spiro atoms. The Morgan fingerprint density at radius 1 is 0.815 bits per heavy atom. The van der Waals surface area contributed by atoms with Crippen LogP contribution in [-0.4, -0.2) is 10.9 Å². The highest BCUT2D eigenvalue weighted by Gasteiger charge is 2.18. The number of rotatable bonds is 5. The number of nitrogens with one attached hydrogen (secondary N) is 1. The first-order valence-electron chi connectivity index (χ1n) is 8.72. The van der Waals surface area contributed by atoms with Gasteiger partial charge >= 0.3 is 0 Å². The maximum absolute atomic E-state index is 12.9. The zero-order valence-electron chi connectivity index (χ0n) is 14.6. The zero-order valence-corrected chi connectivity index (χ0v) is 15.4. The second kappa shape index (κ2) is 7.98. The van der Waals surface area contributed by atoms with Crippen molar-refractivity contribution in [2.45, 2.75) is 6.04 Å². The molecule has 3 nitrogen and oxygen atoms in total. The smallest absolute Gasteiger partial charge is 0.253 e. The molecule has 0 aliphatic heterocycles. The van der Waals surface area contributed by atoms with Gasteiger partial charge in [-0.2, -0.15) is 0 Å². The summed E-state index contributed by atoms with van der Waals surface area (Å²) in [6.45, 7) is 0. The van der Waals surface area contributed by atoms with Crippen molar-refractivity contribution in [2.24, 2.45) is 0 Å². The second-order valence-corrected chi connectivity index (χ2v) is 7.08. The van der Waals surface area contributed by atoms with Gasteiger partial charge in [-0.3, -0.25) is 9.78 Å². The predicted molar refractivity (Wildman–Crippen MR) is 110 cm³/mol. The highest BCUT2D eigenvalue weighted by atomic mass is 32.1. The van der Waals surface area contributed by atoms with Crippen molar-refractivity contribution >= 4 is 17.2 Å². The van der Waals surface area contributed by atoms with E-state index in [2.05, 4.69) is 10.3 Å². The minimum atomic E-state index is -0.211. The molecule has 0 unspecified atom stereocenters. The van der Waals surface area contributed by atoms with E-state index in [4.69, 9.17) is 0 Å². The minimum Gasteiger partial charge on any atom is -0.341 e. The summed E-state index contributed by atoms with van der Waals surface area (Å²) in [6, 6.07) is 27.5. The highest BCUT2D eigenvalue weighted by Crippen LogP contribution is 2.24. The minimum absolute atomic E-state index is 0.141. The molecule has 0 aliphatic carbocycles. The Morgan fingerprint density at radius 3 is 2.00 bits per heavy atom. The van der Waals surface area contributed by atoms with Crippen LogP contribution < -0.4 is 5.32 Å². The Labute approximate surface area is 162 Å². The van der Waals surface area contributed by atoms with Crippen molar-refractivity contribution in [3.05, 3.63) is 113 Å². The number of hydrogen-bond donors (Lipinski definition) is 1. The fourth-order valence-corrected chi connectivity index (χ4v) is 3.67. The van der Waals surface area contributed by atoms with Crippen LogP contribution in [0, 0.1) is 0 Å². The van der Waals surface area contributed by atoms with Gasteiger partial charge in [-0.25, -0.2) is 0 Å². The lowest BCUT2D eigenvalue weighted by molar-refractivity contribution is 0.0942. The summed E-state index contributed by atoms with van der Waals surface area (Å²) in [5.41, 5.74) is 3.51. The van der Waals surface area contributed by atoms with Gasteiger partial charge < -0.3 is 5.32 Å². The molecule has 4 aromatic rings. The molecular weight excluding hydrogens is 352 g/mol. The third-order valence-electron chi connectivity index (χ3n) is 4.34. The fraction of sp³-hybridized carbons (Fsp3) is 0.0435. The number of amides is 1. The first-order valence-corrected chi connectivity index (χ1v) is 9.60. The van der Waals surface area contributed by atoms with Crippen LogP contribution in [0.15, 0.2) is 96.5 Å². The van der Waals surface area contributed by atoms with E-state index in [-0.39, 0.29) is 11.9 Å². The van der Waals surface area contributed by atoms with Crippen molar-refractivity contribution in [1.82, 2.24) is 10.3 Å². The lowest BCUT2D eigenvalue weighted by Crippen LogP contribution is -2.29. The van der Waals surface area contributed by atoms with E-state index < -0.39 is 0 Å². The van der Waals surface area contributed by atoms with Gasteiger partial charge in [0, 0.05) is 6.20 Å². The van der Waals surface area contributed by atoms with E-state index >= 15 is 0 Å². The fourth-order valence-electron chi connectivity index (χ4n) is 2.96. The number of carbonyl (C=O) groups is 1. The normalized spacial score (nSPS) is 10.7. The molecule has 1 amide bonds. The average molecular weight is 370 g/mol. The van der Waals surface area contributed by atoms with E-state index in [1.165, 1.54) is 0 Å². The summed E-state index contributed by atoms with van der Waals surface area (Å²) in [6.07, 6.45) is 1.64. The Morgan fingerprint density at radius 2 is 1.48 bits per heavy atom. The molecule has 2 aromatic heterocycles. The van der Waals surface area contributed by atoms with Crippen LogP contribution >= 0.6 is 11.3 Å². The van der Waals surface area contributed by atoms with Crippen molar-refractivity contribution in [2.75, 3.05) is 0 Å². The monoisotopic (exact) mass is 370 g/mol. The molecule has 132 valence electrons. The van der Waals surface area contributed by atoms with Gasteiger partial charge in [-0.1, -0.05) is 66.7 Å². The number of aromatic nitrogens is 1. The van der Waals surface area contributed by atoms with Crippen molar-refractivity contribution in [1.29, 1.82) is 0 Å². The molecule has 4 rings (SSSR count). The van der Waals surface area contributed by atoms with E-state index in [0.29, 0.717) is 5.56 Å². The van der Waals surface area contributed by atoms with Gasteiger partial charge in [0.2, 0.25) is 0 Å². The first-order chi connectivity index (χ1) is 13.3. The number of thiophene rings is 1. The molecule has 0 saturated heterocycles. The number of carbonyl (C=O) groups excluding carboxylic acids is 1. The number of benzene rings is 2. The SMILES string of the molecule is O=C(NC(c1ccccc1)c1ccccc1)c1ccc(-c2cccs2)nc1. The summed E-state index contributed by atoms with van der Waals surface area (Å²) in [5, 5.41) is 5.16. The van der Waals surface area contributed by atoms with Crippen LogP contribution in [-0.2, 0) is 0 Å². The molecule has 0 aliphatic rings. The number of hydrogen-bond acceptors (Lipinski definition) is 3. The third kappa shape index (κ3) is 3.96. The van der Waals surface area contributed by atoms with E-state index in [9.17, 15) is 4.79 Å². The average Bonchev–Trinajstić information content (AvgIpc) is 3.28. The lowest BCUT2D eigenvalue weighted by Gasteiger charge is -2.20. The van der Waals surface area contributed by atoms with E-state index in [0.717, 1.165) is 21.7 Å². The Balaban J connectivity index is 1.58. The summed E-state index contributed by atoms with van der Waals surface area (Å²) in [7, 11) is 0. The lowest BCUT2D eigenvalue weighted by atomic mass is 9.98. The Hall–Kier alpha value is -3.24. The highest BCUT2D eigenvalue weighted by molar-refractivity contribution is 7.13. The van der Waals surface area contributed by atoms with Gasteiger partial charge in [0.05, 0.1) is 22.2 Å². The second-order valence-electron chi connectivity index (χ2n) is 6.14. The molecule has 0 saturated carbocycles. The van der Waals surface area contributed by atoms with Crippen molar-refractivity contribution < 1.29 is 4.79 Å². The molecule has 0 atom stereocenters. The van der Waals surface area contributed by atoms with Gasteiger partial charge in [-0.05, 0) is 34.7 Å². The van der Waals surface area contributed by atoms with E-state index in [1.807, 2.05) is 90.3 Å². The summed E-state index contributed by atoms with van der Waals surface area (Å²) in [5.74, 6) is -0.141. The zero-order chi connectivity index (χ0) is 18.5. The van der Waals surface area contributed by atoms with Crippen LogP contribution in [0.1, 0.15) is 27.5 Å². The largest absolute Gasteiger partial charge is 0.341 e. The summed E-state index contributed by atoms with van der Waals surface area (Å²) in [4.78, 5) is 18.4. The standard InChI is InChI=1S/C23H18N2OS/c26-23(19-13-14-20(24-16-19)21-12-7-15-27-21)25-22(17-8-3-1-4-9-17)18-10-5-2-6-11-18/h1-16,22H,(H,25,26). The molecule has 1 N–H and O–H groups in total. The van der Waals surface area contributed by atoms with Gasteiger partial charge in [-0.15, -0.1) is 11.3 Å². The summed E-state index contributed by atoms with van der Waals surface area (Å²) < 4.78 is 0. The maximum Gasteiger partial charge on any atom is 0.253 e. The first kappa shape index (κ1) is 17.2. The molecule has 0 bridgehead atoms. The van der Waals surface area contributed by atoms with Crippen molar-refractivity contribution in [3.63, 3.8) is 0 Å². The van der Waals surface area contributed by atoms with Gasteiger partial charge in [0.25, 0.3) is 5.91 Å². The van der Waals surface area contributed by atoms with Crippen LogP contribution in [0.5, 0.6) is 0 Å². The summed E-state index contributed by atoms with van der Waals surface area (Å²) >= 11 is 1.63. The molecular formula is C23H18N2OS. The third-order valence-corrected chi connectivity index (χ3v) is 5.23. The van der Waals surface area contributed by atoms with Crippen LogP contribution in [0.25, 0.3) is 10.6 Å². The van der Waals surface area contributed by atoms with Crippen molar-refractivity contribution in [3.8, 4) is 10.6 Å². The maximum atomic E-state index is 12.9. The molecule has 27 heavy (non-hydrogen) atoms. The molecule has 2 aromatic carbocycles. The number of nitrogens with zero attached hydrogens (tertiary/aromatic N) is 1. The van der Waals surface area contributed by atoms with E-state index in [1.54, 1.807) is 17.5 Å². The molecule has 2 heterocycles. The molecule has 0 fully saturated rings. The number of pyridine rings is 1. The topological polar surface area (TPSA) is 42.0 Å². The molecule has 4 heteroatoms. The Bertz CT molecular complexity index is 958. The quantitative estimate of drug-likeness (QED) is 0.516. The Kier molecular flexibility index (Phi) is 5.08. The van der Waals surface area contributed by atoms with Crippen LogP contribution in [0.2, 0.25) is 0 Å². The predicted octanol–water partition coefficient (Wildman–Crippen LogP) is 5.33. The van der Waals surface area contributed by atoms with Crippen LogP contribution in [0.3, 0.4) is 0 Å². The van der Waals surface area contributed by atoms with Gasteiger partial charge in [0.1, 0.15) is 0 Å². The molecule has 0 radical (unpaired) electrons.